The molecular formula is C14H19N3OS. The molecule has 2 heterocycles. The van der Waals surface area contributed by atoms with Gasteiger partial charge in [-0.3, -0.25) is 9.78 Å². The number of carbonyl (C=O) groups is 1. The summed E-state index contributed by atoms with van der Waals surface area (Å²) >= 11 is 1.67. The van der Waals surface area contributed by atoms with Crippen LogP contribution in [0.15, 0.2) is 18.3 Å². The Kier molecular flexibility index (Phi) is 3.75. The Bertz CT molecular complexity index is 596. The Labute approximate surface area is 117 Å². The number of fused-ring (bicyclic) bond motifs is 1. The lowest BCUT2D eigenvalue weighted by Gasteiger charge is -2.31. The van der Waals surface area contributed by atoms with Gasteiger partial charge in [-0.25, -0.2) is 0 Å². The van der Waals surface area contributed by atoms with E-state index in [2.05, 4.69) is 43.6 Å². The minimum absolute atomic E-state index is 0.321. The summed E-state index contributed by atoms with van der Waals surface area (Å²) in [5.41, 5.74) is 5.58. The Balaban J connectivity index is 2.48. The molecule has 0 aliphatic heterocycles. The van der Waals surface area contributed by atoms with Gasteiger partial charge in [0.25, 0.3) is 5.91 Å². The lowest BCUT2D eigenvalue weighted by molar-refractivity contribution is 0.0996. The maximum absolute atomic E-state index is 11.2. The van der Waals surface area contributed by atoms with Gasteiger partial charge in [0.15, 0.2) is 0 Å². The zero-order valence-electron chi connectivity index (χ0n) is 11.7. The van der Waals surface area contributed by atoms with Crippen molar-refractivity contribution in [3.05, 3.63) is 24.0 Å². The summed E-state index contributed by atoms with van der Waals surface area (Å²) in [5.74, 6) is -0.485. The van der Waals surface area contributed by atoms with Crippen LogP contribution in [0.3, 0.4) is 0 Å². The predicted molar refractivity (Wildman–Crippen MR) is 80.9 cm³/mol. The average Bonchev–Trinajstić information content (AvgIpc) is 2.69. The highest BCUT2D eigenvalue weighted by atomic mass is 32.1. The van der Waals surface area contributed by atoms with E-state index < -0.39 is 5.91 Å². The standard InChI is InChI=1S/C14H19N3OS/c1-8(2)17(9(3)4)13-5-10-7-16-11(14(15)18)6-12(10)19-13/h5-9H,1-4H3,(H2,15,18). The molecule has 0 unspecified atom stereocenters. The smallest absolute Gasteiger partial charge is 0.267 e. The van der Waals surface area contributed by atoms with Gasteiger partial charge in [0.1, 0.15) is 5.69 Å². The van der Waals surface area contributed by atoms with E-state index >= 15 is 0 Å². The Morgan fingerprint density at radius 1 is 1.26 bits per heavy atom. The number of carbonyl (C=O) groups excluding carboxylic acids is 1. The maximum atomic E-state index is 11.2. The highest BCUT2D eigenvalue weighted by molar-refractivity contribution is 7.22. The summed E-state index contributed by atoms with van der Waals surface area (Å²) in [6.45, 7) is 8.71. The van der Waals surface area contributed by atoms with Crippen LogP contribution in [0.4, 0.5) is 5.00 Å². The van der Waals surface area contributed by atoms with Gasteiger partial charge in [-0.2, -0.15) is 0 Å². The molecule has 2 N–H and O–H groups in total. The number of hydrogen-bond donors (Lipinski definition) is 1. The number of primary amides is 1. The Hall–Kier alpha value is -1.62. The molecule has 0 fully saturated rings. The lowest BCUT2D eigenvalue weighted by Crippen LogP contribution is -2.36. The quantitative estimate of drug-likeness (QED) is 0.934. The van der Waals surface area contributed by atoms with Crippen LogP contribution >= 0.6 is 11.3 Å². The summed E-state index contributed by atoms with van der Waals surface area (Å²) in [6.07, 6.45) is 1.72. The SMILES string of the molecule is CC(C)N(c1cc2cnc(C(N)=O)cc2s1)C(C)C. The van der Waals surface area contributed by atoms with Crippen LogP contribution in [0, 0.1) is 0 Å². The van der Waals surface area contributed by atoms with Crippen LogP contribution in [-0.2, 0) is 0 Å². The number of anilines is 1. The van der Waals surface area contributed by atoms with Crippen LogP contribution in [0.25, 0.3) is 10.1 Å². The molecule has 2 rings (SSSR count). The normalized spacial score (nSPS) is 11.5. The number of aromatic nitrogens is 1. The molecule has 0 spiro atoms. The van der Waals surface area contributed by atoms with Crippen LogP contribution in [0.5, 0.6) is 0 Å². The number of amides is 1. The minimum Gasteiger partial charge on any atom is -0.364 e. The predicted octanol–water partition coefficient (Wildman–Crippen LogP) is 3.02. The van der Waals surface area contributed by atoms with E-state index in [-0.39, 0.29) is 0 Å². The number of nitrogens with two attached hydrogens (primary N) is 1. The zero-order valence-corrected chi connectivity index (χ0v) is 12.5. The highest BCUT2D eigenvalue weighted by Gasteiger charge is 2.17. The molecule has 2 aromatic rings. The monoisotopic (exact) mass is 277 g/mol. The van der Waals surface area contributed by atoms with Crippen LogP contribution in [0.2, 0.25) is 0 Å². The van der Waals surface area contributed by atoms with E-state index in [0.717, 1.165) is 10.1 Å². The molecule has 0 aromatic carbocycles. The van der Waals surface area contributed by atoms with Gasteiger partial charge in [0.05, 0.1) is 5.00 Å². The zero-order chi connectivity index (χ0) is 14.2. The molecule has 4 nitrogen and oxygen atoms in total. The molecule has 19 heavy (non-hydrogen) atoms. The molecule has 5 heteroatoms. The van der Waals surface area contributed by atoms with Crippen LogP contribution in [-0.4, -0.2) is 23.0 Å². The fraction of sp³-hybridized carbons (Fsp3) is 0.429. The average molecular weight is 277 g/mol. The van der Waals surface area contributed by atoms with Crippen molar-refractivity contribution in [2.75, 3.05) is 4.90 Å². The summed E-state index contributed by atoms with van der Waals surface area (Å²) in [4.78, 5) is 17.6. The van der Waals surface area contributed by atoms with Crippen molar-refractivity contribution in [1.29, 1.82) is 0 Å². The van der Waals surface area contributed by atoms with Crippen molar-refractivity contribution in [3.63, 3.8) is 0 Å². The summed E-state index contributed by atoms with van der Waals surface area (Å²) in [7, 11) is 0. The Morgan fingerprint density at radius 3 is 2.42 bits per heavy atom. The van der Waals surface area contributed by atoms with Gasteiger partial charge in [0.2, 0.25) is 0 Å². The van der Waals surface area contributed by atoms with Gasteiger partial charge < -0.3 is 10.6 Å². The van der Waals surface area contributed by atoms with E-state index in [4.69, 9.17) is 5.73 Å². The van der Waals surface area contributed by atoms with Crippen molar-refractivity contribution in [2.45, 2.75) is 39.8 Å². The molecule has 0 saturated carbocycles. The Morgan fingerprint density at radius 2 is 1.89 bits per heavy atom. The first-order valence-electron chi connectivity index (χ1n) is 6.38. The molecule has 0 saturated heterocycles. The molecule has 0 aliphatic rings. The lowest BCUT2D eigenvalue weighted by atomic mass is 10.2. The second kappa shape index (κ2) is 5.17. The topological polar surface area (TPSA) is 59.2 Å². The first kappa shape index (κ1) is 13.8. The number of thiophene rings is 1. The molecule has 0 aliphatic carbocycles. The number of nitrogens with zero attached hydrogens (tertiary/aromatic N) is 2. The second-order valence-corrected chi connectivity index (χ2v) is 6.21. The van der Waals surface area contributed by atoms with Crippen molar-refractivity contribution in [3.8, 4) is 0 Å². The van der Waals surface area contributed by atoms with E-state index in [1.807, 2.05) is 0 Å². The molecule has 2 aromatic heterocycles. The number of hydrogen-bond acceptors (Lipinski definition) is 4. The third kappa shape index (κ3) is 2.71. The van der Waals surface area contributed by atoms with Gasteiger partial charge in [-0.05, 0) is 39.8 Å². The van der Waals surface area contributed by atoms with Gasteiger partial charge in [-0.15, -0.1) is 11.3 Å². The molecule has 0 bridgehead atoms. The van der Waals surface area contributed by atoms with Gasteiger partial charge >= 0.3 is 0 Å². The number of rotatable bonds is 4. The number of pyridine rings is 1. The van der Waals surface area contributed by atoms with E-state index in [1.165, 1.54) is 5.00 Å². The summed E-state index contributed by atoms with van der Waals surface area (Å²) < 4.78 is 1.05. The molecule has 0 atom stereocenters. The summed E-state index contributed by atoms with van der Waals surface area (Å²) in [5, 5.41) is 2.25. The fourth-order valence-corrected chi connectivity index (χ4v) is 3.62. The van der Waals surface area contributed by atoms with E-state index in [0.29, 0.717) is 17.8 Å². The van der Waals surface area contributed by atoms with Crippen molar-refractivity contribution >= 4 is 32.3 Å². The fourth-order valence-electron chi connectivity index (χ4n) is 2.29. The van der Waals surface area contributed by atoms with Crippen molar-refractivity contribution < 1.29 is 4.79 Å². The van der Waals surface area contributed by atoms with E-state index in [1.54, 1.807) is 23.6 Å². The molecule has 0 radical (unpaired) electrons. The summed E-state index contributed by atoms with van der Waals surface area (Å²) in [6, 6.07) is 4.75. The van der Waals surface area contributed by atoms with Crippen LogP contribution in [0.1, 0.15) is 38.2 Å². The van der Waals surface area contributed by atoms with Gasteiger partial charge in [0, 0.05) is 28.4 Å². The first-order chi connectivity index (χ1) is 8.90. The third-order valence-corrected chi connectivity index (χ3v) is 4.12. The molecule has 102 valence electrons. The minimum atomic E-state index is -0.485. The molecule has 1 amide bonds. The third-order valence-electron chi connectivity index (χ3n) is 3.01. The molecular weight excluding hydrogens is 258 g/mol. The second-order valence-electron chi connectivity index (χ2n) is 5.15. The van der Waals surface area contributed by atoms with Crippen LogP contribution < -0.4 is 10.6 Å². The largest absolute Gasteiger partial charge is 0.364 e. The van der Waals surface area contributed by atoms with Crippen molar-refractivity contribution in [2.24, 2.45) is 5.73 Å². The maximum Gasteiger partial charge on any atom is 0.267 e. The highest BCUT2D eigenvalue weighted by Crippen LogP contribution is 2.34. The van der Waals surface area contributed by atoms with Crippen molar-refractivity contribution in [1.82, 2.24) is 4.98 Å². The first-order valence-corrected chi connectivity index (χ1v) is 7.19. The van der Waals surface area contributed by atoms with Gasteiger partial charge in [-0.1, -0.05) is 0 Å². The van der Waals surface area contributed by atoms with E-state index in [9.17, 15) is 4.79 Å².